The van der Waals surface area contributed by atoms with E-state index in [4.69, 9.17) is 27.9 Å². The van der Waals surface area contributed by atoms with Crippen molar-refractivity contribution in [2.45, 2.75) is 38.6 Å². The van der Waals surface area contributed by atoms with Crippen molar-refractivity contribution in [2.24, 2.45) is 0 Å². The zero-order valence-corrected chi connectivity index (χ0v) is 13.2. The molecule has 0 radical (unpaired) electrons. The van der Waals surface area contributed by atoms with E-state index in [1.54, 1.807) is 7.11 Å². The van der Waals surface area contributed by atoms with Crippen LogP contribution < -0.4 is 5.32 Å². The van der Waals surface area contributed by atoms with Crippen LogP contribution in [0, 0.1) is 0 Å². The van der Waals surface area contributed by atoms with Gasteiger partial charge in [0.05, 0.1) is 10.0 Å². The Morgan fingerprint density at radius 2 is 2.11 bits per heavy atom. The van der Waals surface area contributed by atoms with E-state index >= 15 is 0 Å². The molecule has 1 N–H and O–H groups in total. The van der Waals surface area contributed by atoms with Gasteiger partial charge in [-0.25, -0.2) is 0 Å². The maximum absolute atomic E-state index is 6.25. The molecule has 0 aromatic heterocycles. The summed E-state index contributed by atoms with van der Waals surface area (Å²) in [4.78, 5) is 0. The van der Waals surface area contributed by atoms with Crippen LogP contribution in [0.1, 0.15) is 31.7 Å². The van der Waals surface area contributed by atoms with E-state index in [1.807, 2.05) is 18.2 Å². The van der Waals surface area contributed by atoms with Crippen molar-refractivity contribution < 1.29 is 4.74 Å². The number of benzene rings is 1. The molecule has 0 amide bonds. The van der Waals surface area contributed by atoms with E-state index in [0.717, 1.165) is 44.4 Å². The Morgan fingerprint density at radius 3 is 2.79 bits per heavy atom. The van der Waals surface area contributed by atoms with Gasteiger partial charge in [-0.15, -0.1) is 0 Å². The van der Waals surface area contributed by atoms with Gasteiger partial charge in [0.1, 0.15) is 0 Å². The second-order valence-electron chi connectivity index (χ2n) is 4.70. The predicted molar refractivity (Wildman–Crippen MR) is 83.4 cm³/mol. The van der Waals surface area contributed by atoms with Gasteiger partial charge in [-0.05, 0) is 43.9 Å². The highest BCUT2D eigenvalue weighted by Crippen LogP contribution is 2.26. The number of halogens is 2. The quantitative estimate of drug-likeness (QED) is 0.686. The zero-order valence-electron chi connectivity index (χ0n) is 11.7. The van der Waals surface area contributed by atoms with E-state index in [9.17, 15) is 0 Å². The van der Waals surface area contributed by atoms with Gasteiger partial charge < -0.3 is 10.1 Å². The fourth-order valence-corrected chi connectivity index (χ4v) is 2.47. The van der Waals surface area contributed by atoms with E-state index in [2.05, 4.69) is 12.2 Å². The van der Waals surface area contributed by atoms with Gasteiger partial charge in [0.2, 0.25) is 0 Å². The minimum atomic E-state index is 0.422. The summed E-state index contributed by atoms with van der Waals surface area (Å²) in [6.45, 7) is 4.00. The first kappa shape index (κ1) is 16.8. The summed E-state index contributed by atoms with van der Waals surface area (Å²) in [5.41, 5.74) is 1.11. The molecule has 0 heterocycles. The Balaban J connectivity index is 2.61. The molecule has 1 aromatic rings. The van der Waals surface area contributed by atoms with Crippen molar-refractivity contribution in [1.82, 2.24) is 5.32 Å². The molecule has 0 saturated heterocycles. The third-order valence-corrected chi connectivity index (χ3v) is 3.94. The van der Waals surface area contributed by atoms with Crippen LogP contribution in [0.3, 0.4) is 0 Å². The van der Waals surface area contributed by atoms with Crippen molar-refractivity contribution >= 4 is 23.2 Å². The Hall–Kier alpha value is -0.280. The number of rotatable bonds is 9. The van der Waals surface area contributed by atoms with Crippen LogP contribution in [0.2, 0.25) is 10.0 Å². The number of nitrogens with one attached hydrogen (secondary N) is 1. The van der Waals surface area contributed by atoms with Crippen LogP contribution in [0.25, 0.3) is 0 Å². The molecule has 2 nitrogen and oxygen atoms in total. The molecule has 108 valence electrons. The van der Waals surface area contributed by atoms with Gasteiger partial charge in [-0.1, -0.05) is 42.3 Å². The van der Waals surface area contributed by atoms with Crippen molar-refractivity contribution in [2.75, 3.05) is 20.3 Å². The van der Waals surface area contributed by atoms with E-state index < -0.39 is 0 Å². The molecule has 0 spiro atoms. The van der Waals surface area contributed by atoms with Gasteiger partial charge in [0, 0.05) is 19.8 Å². The van der Waals surface area contributed by atoms with Crippen molar-refractivity contribution in [3.63, 3.8) is 0 Å². The molecule has 0 aliphatic rings. The SMILES string of the molecule is CCCNC(CCCOC)Cc1cccc(Cl)c1Cl. The summed E-state index contributed by atoms with van der Waals surface area (Å²) < 4.78 is 5.11. The summed E-state index contributed by atoms with van der Waals surface area (Å²) in [6, 6.07) is 6.25. The number of hydrogen-bond donors (Lipinski definition) is 1. The maximum Gasteiger partial charge on any atom is 0.0624 e. The molecule has 19 heavy (non-hydrogen) atoms. The van der Waals surface area contributed by atoms with Crippen molar-refractivity contribution in [3.8, 4) is 0 Å². The summed E-state index contributed by atoms with van der Waals surface area (Å²) in [6.07, 6.45) is 4.17. The van der Waals surface area contributed by atoms with E-state index in [-0.39, 0.29) is 0 Å². The number of methoxy groups -OCH3 is 1. The third kappa shape index (κ3) is 6.13. The molecular weight excluding hydrogens is 281 g/mol. The van der Waals surface area contributed by atoms with Gasteiger partial charge in [-0.3, -0.25) is 0 Å². The van der Waals surface area contributed by atoms with Crippen LogP contribution in [-0.2, 0) is 11.2 Å². The third-order valence-electron chi connectivity index (χ3n) is 3.08. The topological polar surface area (TPSA) is 21.3 Å². The van der Waals surface area contributed by atoms with E-state index in [0.29, 0.717) is 16.1 Å². The van der Waals surface area contributed by atoms with Gasteiger partial charge >= 0.3 is 0 Å². The first-order valence-electron chi connectivity index (χ1n) is 6.84. The van der Waals surface area contributed by atoms with Crippen LogP contribution >= 0.6 is 23.2 Å². The first-order valence-corrected chi connectivity index (χ1v) is 7.59. The van der Waals surface area contributed by atoms with Crippen LogP contribution in [-0.4, -0.2) is 26.3 Å². The Morgan fingerprint density at radius 1 is 1.32 bits per heavy atom. The molecule has 1 rings (SSSR count). The molecule has 0 fully saturated rings. The summed E-state index contributed by atoms with van der Waals surface area (Å²) >= 11 is 12.3. The molecule has 1 unspecified atom stereocenters. The fourth-order valence-electron chi connectivity index (χ4n) is 2.07. The molecule has 1 aromatic carbocycles. The monoisotopic (exact) mass is 303 g/mol. The first-order chi connectivity index (χ1) is 9.19. The Kier molecular flexibility index (Phi) is 8.47. The van der Waals surface area contributed by atoms with E-state index in [1.165, 1.54) is 0 Å². The lowest BCUT2D eigenvalue weighted by molar-refractivity contribution is 0.188. The van der Waals surface area contributed by atoms with Crippen molar-refractivity contribution in [3.05, 3.63) is 33.8 Å². The fraction of sp³-hybridized carbons (Fsp3) is 0.600. The van der Waals surface area contributed by atoms with Crippen LogP contribution in [0.15, 0.2) is 18.2 Å². The molecule has 1 atom stereocenters. The molecule has 0 aliphatic carbocycles. The predicted octanol–water partition coefficient (Wildman–Crippen LogP) is 4.33. The minimum absolute atomic E-state index is 0.422. The molecule has 4 heteroatoms. The Bertz CT molecular complexity index is 371. The summed E-state index contributed by atoms with van der Waals surface area (Å²) in [7, 11) is 1.74. The molecule has 0 bridgehead atoms. The molecule has 0 saturated carbocycles. The van der Waals surface area contributed by atoms with Crippen LogP contribution in [0.5, 0.6) is 0 Å². The highest BCUT2D eigenvalue weighted by atomic mass is 35.5. The smallest absolute Gasteiger partial charge is 0.0624 e. The van der Waals surface area contributed by atoms with Gasteiger partial charge in [0.25, 0.3) is 0 Å². The maximum atomic E-state index is 6.25. The largest absolute Gasteiger partial charge is 0.385 e. The second-order valence-corrected chi connectivity index (χ2v) is 5.49. The highest BCUT2D eigenvalue weighted by molar-refractivity contribution is 6.42. The lowest BCUT2D eigenvalue weighted by Crippen LogP contribution is -2.32. The zero-order chi connectivity index (χ0) is 14.1. The average molecular weight is 304 g/mol. The summed E-state index contributed by atoms with van der Waals surface area (Å²) in [5, 5.41) is 4.88. The minimum Gasteiger partial charge on any atom is -0.385 e. The number of hydrogen-bond acceptors (Lipinski definition) is 2. The number of ether oxygens (including phenoxy) is 1. The van der Waals surface area contributed by atoms with Crippen molar-refractivity contribution in [1.29, 1.82) is 0 Å². The lowest BCUT2D eigenvalue weighted by Gasteiger charge is -2.19. The normalized spacial score (nSPS) is 12.6. The van der Waals surface area contributed by atoms with Crippen LogP contribution in [0.4, 0.5) is 0 Å². The summed E-state index contributed by atoms with van der Waals surface area (Å²) in [5.74, 6) is 0. The lowest BCUT2D eigenvalue weighted by atomic mass is 10.0. The highest BCUT2D eigenvalue weighted by Gasteiger charge is 2.12. The van der Waals surface area contributed by atoms with Gasteiger partial charge in [-0.2, -0.15) is 0 Å². The van der Waals surface area contributed by atoms with Gasteiger partial charge in [0.15, 0.2) is 0 Å². The Labute approximate surface area is 126 Å². The molecular formula is C15H23Cl2NO. The standard InChI is InChI=1S/C15H23Cl2NO/c1-3-9-18-13(7-5-10-19-2)11-12-6-4-8-14(16)15(12)17/h4,6,8,13,18H,3,5,7,9-11H2,1-2H3. The molecule has 0 aliphatic heterocycles. The average Bonchev–Trinajstić information content (AvgIpc) is 2.41. The second kappa shape index (κ2) is 9.60.